The van der Waals surface area contributed by atoms with E-state index in [4.69, 9.17) is 9.88 Å². The van der Waals surface area contributed by atoms with Gasteiger partial charge in [0, 0.05) is 11.1 Å². The number of nitrogens with zero attached hydrogens (tertiary/aromatic N) is 1. The summed E-state index contributed by atoms with van der Waals surface area (Å²) in [6.45, 7) is 3.52. The zero-order chi connectivity index (χ0) is 16.3. The van der Waals surface area contributed by atoms with Gasteiger partial charge < -0.3 is 10.1 Å². The molecule has 1 heterocycles. The first-order chi connectivity index (χ1) is 10.3. The van der Waals surface area contributed by atoms with E-state index in [1.165, 1.54) is 23.5 Å². The highest BCUT2D eigenvalue weighted by Gasteiger charge is 2.14. The van der Waals surface area contributed by atoms with E-state index in [9.17, 15) is 13.2 Å². The summed E-state index contributed by atoms with van der Waals surface area (Å²) in [5.41, 5.74) is 0.855. The van der Waals surface area contributed by atoms with Crippen LogP contribution in [-0.4, -0.2) is 25.5 Å². The lowest BCUT2D eigenvalue weighted by Crippen LogP contribution is -2.12. The van der Waals surface area contributed by atoms with Crippen LogP contribution in [0.25, 0.3) is 0 Å². The third-order valence-electron chi connectivity index (χ3n) is 2.49. The summed E-state index contributed by atoms with van der Waals surface area (Å²) < 4.78 is 27.4. The van der Waals surface area contributed by atoms with Gasteiger partial charge in [-0.05, 0) is 38.1 Å². The minimum absolute atomic E-state index is 0.0263. The number of anilines is 2. The number of carbonyl (C=O) groups is 1. The van der Waals surface area contributed by atoms with Crippen LogP contribution in [-0.2, 0) is 14.8 Å². The van der Waals surface area contributed by atoms with Crippen LogP contribution in [0.2, 0.25) is 0 Å². The van der Waals surface area contributed by atoms with E-state index in [0.29, 0.717) is 10.8 Å². The first-order valence-corrected chi connectivity index (χ1v) is 8.74. The fourth-order valence-corrected chi connectivity index (χ4v) is 2.77. The lowest BCUT2D eigenvalue weighted by molar-refractivity contribution is 0.0372. The van der Waals surface area contributed by atoms with Gasteiger partial charge in [-0.25, -0.2) is 23.3 Å². The molecular weight excluding hydrogens is 326 g/mol. The number of sulfonamides is 1. The third-order valence-corrected chi connectivity index (χ3v) is 4.18. The molecule has 0 radical (unpaired) electrons. The van der Waals surface area contributed by atoms with Crippen molar-refractivity contribution in [3.8, 4) is 0 Å². The Morgan fingerprint density at radius 3 is 2.50 bits per heavy atom. The fourth-order valence-electron chi connectivity index (χ4n) is 1.55. The van der Waals surface area contributed by atoms with Gasteiger partial charge in [0.15, 0.2) is 10.8 Å². The zero-order valence-corrected chi connectivity index (χ0v) is 13.6. The van der Waals surface area contributed by atoms with Crippen LogP contribution in [0.3, 0.4) is 0 Å². The Labute approximate surface area is 132 Å². The second kappa shape index (κ2) is 6.42. The molecule has 3 N–H and O–H groups in total. The number of rotatable bonds is 5. The molecule has 0 saturated carbocycles. The molecule has 9 heteroatoms. The highest BCUT2D eigenvalue weighted by atomic mass is 32.2. The molecule has 0 atom stereocenters. The molecule has 118 valence electrons. The van der Waals surface area contributed by atoms with E-state index in [1.54, 1.807) is 31.4 Å². The number of hydrogen-bond donors (Lipinski definition) is 2. The van der Waals surface area contributed by atoms with Crippen molar-refractivity contribution in [1.82, 2.24) is 4.98 Å². The number of carbonyl (C=O) groups excluding carboxylic acids is 1. The van der Waals surface area contributed by atoms with Gasteiger partial charge in [-0.1, -0.05) is 0 Å². The predicted octanol–water partition coefficient (Wildman–Crippen LogP) is 2.10. The van der Waals surface area contributed by atoms with Gasteiger partial charge in [-0.15, -0.1) is 11.3 Å². The first-order valence-electron chi connectivity index (χ1n) is 6.32. The van der Waals surface area contributed by atoms with Gasteiger partial charge in [0.05, 0.1) is 11.0 Å². The van der Waals surface area contributed by atoms with Gasteiger partial charge in [0.2, 0.25) is 10.0 Å². The molecule has 1 aromatic heterocycles. The van der Waals surface area contributed by atoms with Gasteiger partial charge in [0.1, 0.15) is 0 Å². The molecule has 0 aliphatic rings. The van der Waals surface area contributed by atoms with Gasteiger partial charge in [0.25, 0.3) is 0 Å². The largest absolute Gasteiger partial charge is 0.458 e. The maximum atomic E-state index is 11.7. The van der Waals surface area contributed by atoms with E-state index in [0.717, 1.165) is 0 Å². The molecule has 7 nitrogen and oxygen atoms in total. The van der Waals surface area contributed by atoms with Crippen LogP contribution in [0.5, 0.6) is 0 Å². The van der Waals surface area contributed by atoms with Crippen LogP contribution < -0.4 is 10.5 Å². The SMILES string of the molecule is CC(C)OC(=O)c1csc(Nc2ccc(S(N)(=O)=O)cc2)n1. The Balaban J connectivity index is 2.09. The van der Waals surface area contributed by atoms with Gasteiger partial charge in [-0.2, -0.15) is 0 Å². The second-order valence-electron chi connectivity index (χ2n) is 4.69. The average Bonchev–Trinajstić information content (AvgIpc) is 2.86. The number of hydrogen-bond acceptors (Lipinski definition) is 7. The summed E-state index contributed by atoms with van der Waals surface area (Å²) >= 11 is 1.24. The number of thiazole rings is 1. The van der Waals surface area contributed by atoms with E-state index >= 15 is 0 Å². The number of benzene rings is 1. The molecule has 2 aromatic rings. The molecule has 0 aliphatic carbocycles. The molecule has 0 bridgehead atoms. The van der Waals surface area contributed by atoms with Crippen LogP contribution >= 0.6 is 11.3 Å². The third kappa shape index (κ3) is 4.26. The van der Waals surface area contributed by atoms with Crippen LogP contribution in [0.4, 0.5) is 10.8 Å². The van der Waals surface area contributed by atoms with E-state index < -0.39 is 16.0 Å². The molecule has 0 aliphatic heterocycles. The number of primary sulfonamides is 1. The number of ether oxygens (including phenoxy) is 1. The summed E-state index contributed by atoms with van der Waals surface area (Å²) in [5.74, 6) is -0.483. The summed E-state index contributed by atoms with van der Waals surface area (Å²) in [6.07, 6.45) is -0.212. The van der Waals surface area contributed by atoms with E-state index in [-0.39, 0.29) is 16.7 Å². The van der Waals surface area contributed by atoms with Crippen molar-refractivity contribution in [2.24, 2.45) is 5.14 Å². The zero-order valence-electron chi connectivity index (χ0n) is 11.9. The Morgan fingerprint density at radius 1 is 1.32 bits per heavy atom. The normalized spacial score (nSPS) is 11.5. The standard InChI is InChI=1S/C13H15N3O4S2/c1-8(2)20-12(17)11-7-21-13(16-11)15-9-3-5-10(6-4-9)22(14,18)19/h3-8H,1-2H3,(H,15,16)(H2,14,18,19). The Bertz CT molecular complexity index is 767. The maximum absolute atomic E-state index is 11.7. The Kier molecular flexibility index (Phi) is 4.79. The molecule has 0 spiro atoms. The lowest BCUT2D eigenvalue weighted by atomic mass is 10.3. The quantitative estimate of drug-likeness (QED) is 0.806. The molecule has 0 amide bonds. The fraction of sp³-hybridized carbons (Fsp3) is 0.231. The van der Waals surface area contributed by atoms with Crippen molar-refractivity contribution in [2.45, 2.75) is 24.8 Å². The minimum Gasteiger partial charge on any atom is -0.458 e. The van der Waals surface area contributed by atoms with Gasteiger partial charge >= 0.3 is 5.97 Å². The number of nitrogens with one attached hydrogen (secondary N) is 1. The van der Waals surface area contributed by atoms with Crippen LogP contribution in [0.1, 0.15) is 24.3 Å². The highest BCUT2D eigenvalue weighted by molar-refractivity contribution is 7.89. The number of aromatic nitrogens is 1. The predicted molar refractivity (Wildman–Crippen MR) is 83.8 cm³/mol. The van der Waals surface area contributed by atoms with Crippen molar-refractivity contribution in [1.29, 1.82) is 0 Å². The van der Waals surface area contributed by atoms with Crippen molar-refractivity contribution >= 4 is 38.1 Å². The molecule has 2 rings (SSSR count). The first kappa shape index (κ1) is 16.4. The average molecular weight is 341 g/mol. The monoisotopic (exact) mass is 341 g/mol. The van der Waals surface area contributed by atoms with Crippen molar-refractivity contribution in [2.75, 3.05) is 5.32 Å². The molecular formula is C13H15N3O4S2. The highest BCUT2D eigenvalue weighted by Crippen LogP contribution is 2.22. The molecule has 0 saturated heterocycles. The van der Waals surface area contributed by atoms with Crippen LogP contribution in [0.15, 0.2) is 34.5 Å². The molecule has 0 unspecified atom stereocenters. The summed E-state index contributed by atoms with van der Waals surface area (Å²) in [5, 5.41) is 10.1. The number of nitrogens with two attached hydrogens (primary N) is 1. The second-order valence-corrected chi connectivity index (χ2v) is 7.11. The van der Waals surface area contributed by atoms with E-state index in [1.807, 2.05) is 0 Å². The molecule has 0 fully saturated rings. The van der Waals surface area contributed by atoms with E-state index in [2.05, 4.69) is 10.3 Å². The summed E-state index contributed by atoms with van der Waals surface area (Å²) in [4.78, 5) is 15.8. The Morgan fingerprint density at radius 2 is 1.95 bits per heavy atom. The molecule has 22 heavy (non-hydrogen) atoms. The minimum atomic E-state index is -3.71. The summed E-state index contributed by atoms with van der Waals surface area (Å²) in [6, 6.07) is 5.90. The smallest absolute Gasteiger partial charge is 0.358 e. The van der Waals surface area contributed by atoms with Gasteiger partial charge in [-0.3, -0.25) is 0 Å². The van der Waals surface area contributed by atoms with Crippen molar-refractivity contribution < 1.29 is 17.9 Å². The lowest BCUT2D eigenvalue weighted by Gasteiger charge is -2.05. The number of esters is 1. The Hall–Kier alpha value is -1.97. The summed E-state index contributed by atoms with van der Waals surface area (Å²) in [7, 11) is -3.71. The van der Waals surface area contributed by atoms with Crippen molar-refractivity contribution in [3.05, 3.63) is 35.3 Å². The molecule has 1 aromatic carbocycles. The van der Waals surface area contributed by atoms with Crippen LogP contribution in [0, 0.1) is 0 Å². The van der Waals surface area contributed by atoms with Crippen molar-refractivity contribution in [3.63, 3.8) is 0 Å². The topological polar surface area (TPSA) is 111 Å². The maximum Gasteiger partial charge on any atom is 0.358 e.